The molecule has 0 spiro atoms. The summed E-state index contributed by atoms with van der Waals surface area (Å²) in [6, 6.07) is 8.78. The Bertz CT molecular complexity index is 427. The van der Waals surface area contributed by atoms with Crippen LogP contribution in [-0.2, 0) is 10.0 Å². The van der Waals surface area contributed by atoms with Gasteiger partial charge in [-0.1, -0.05) is 18.2 Å². The highest BCUT2D eigenvalue weighted by molar-refractivity contribution is 7.89. The van der Waals surface area contributed by atoms with Gasteiger partial charge in [0, 0.05) is 12.6 Å². The molecule has 82 valence electrons. The van der Waals surface area contributed by atoms with Gasteiger partial charge in [0.25, 0.3) is 0 Å². The van der Waals surface area contributed by atoms with Gasteiger partial charge in [-0.05, 0) is 31.9 Å². The summed E-state index contributed by atoms with van der Waals surface area (Å²) in [7, 11) is -3.25. The molecule has 3 nitrogen and oxygen atoms in total. The van der Waals surface area contributed by atoms with Crippen LogP contribution in [0.1, 0.15) is 19.8 Å². The molecule has 15 heavy (non-hydrogen) atoms. The normalized spacial score (nSPS) is 23.1. The Morgan fingerprint density at radius 2 is 1.93 bits per heavy atom. The molecule has 0 saturated carbocycles. The van der Waals surface area contributed by atoms with Crippen molar-refractivity contribution in [2.75, 3.05) is 6.54 Å². The number of hydrogen-bond acceptors (Lipinski definition) is 2. The molecule has 0 bridgehead atoms. The Morgan fingerprint density at radius 3 is 2.47 bits per heavy atom. The number of nitrogens with zero attached hydrogens (tertiary/aromatic N) is 1. The first kappa shape index (κ1) is 10.6. The SMILES string of the molecule is C[C@@H]1CCCN1S(=O)(=O)c1ccccc1. The van der Waals surface area contributed by atoms with Crippen molar-refractivity contribution < 1.29 is 8.42 Å². The highest BCUT2D eigenvalue weighted by Gasteiger charge is 2.32. The zero-order valence-corrected chi connectivity index (χ0v) is 9.57. The van der Waals surface area contributed by atoms with Crippen LogP contribution in [0.2, 0.25) is 0 Å². The van der Waals surface area contributed by atoms with Gasteiger partial charge in [0.05, 0.1) is 4.90 Å². The van der Waals surface area contributed by atoms with Crippen LogP contribution in [0.25, 0.3) is 0 Å². The van der Waals surface area contributed by atoms with E-state index in [4.69, 9.17) is 0 Å². The van der Waals surface area contributed by atoms with E-state index in [1.807, 2.05) is 13.0 Å². The molecule has 1 heterocycles. The fraction of sp³-hybridized carbons (Fsp3) is 0.455. The Balaban J connectivity index is 2.35. The van der Waals surface area contributed by atoms with Crippen molar-refractivity contribution in [1.82, 2.24) is 4.31 Å². The fourth-order valence-corrected chi connectivity index (χ4v) is 3.71. The number of benzene rings is 1. The fourth-order valence-electron chi connectivity index (χ4n) is 1.99. The topological polar surface area (TPSA) is 37.4 Å². The lowest BCUT2D eigenvalue weighted by Gasteiger charge is -2.20. The van der Waals surface area contributed by atoms with Crippen molar-refractivity contribution in [3.63, 3.8) is 0 Å². The van der Waals surface area contributed by atoms with Gasteiger partial charge >= 0.3 is 0 Å². The zero-order chi connectivity index (χ0) is 10.9. The van der Waals surface area contributed by atoms with Crippen molar-refractivity contribution in [1.29, 1.82) is 0 Å². The average molecular weight is 225 g/mol. The van der Waals surface area contributed by atoms with Gasteiger partial charge in [0.15, 0.2) is 0 Å². The second kappa shape index (κ2) is 3.94. The standard InChI is InChI=1S/C11H15NO2S/c1-10-6-5-9-12(10)15(13,14)11-7-3-2-4-8-11/h2-4,7-8,10H,5-6,9H2,1H3/t10-/m1/s1. The molecular weight excluding hydrogens is 210 g/mol. The van der Waals surface area contributed by atoms with Crippen LogP contribution in [0.4, 0.5) is 0 Å². The summed E-state index contributed by atoms with van der Waals surface area (Å²) < 4.78 is 25.9. The van der Waals surface area contributed by atoms with Gasteiger partial charge in [-0.2, -0.15) is 4.31 Å². The number of sulfonamides is 1. The molecule has 1 atom stereocenters. The van der Waals surface area contributed by atoms with Gasteiger partial charge < -0.3 is 0 Å². The lowest BCUT2D eigenvalue weighted by molar-refractivity contribution is 0.408. The summed E-state index contributed by atoms with van der Waals surface area (Å²) in [5, 5.41) is 0. The van der Waals surface area contributed by atoms with Crippen molar-refractivity contribution in [3.8, 4) is 0 Å². The first-order valence-corrected chi connectivity index (χ1v) is 6.63. The molecule has 1 aromatic carbocycles. The Labute approximate surface area is 90.8 Å². The first-order valence-electron chi connectivity index (χ1n) is 5.19. The Hall–Kier alpha value is -0.870. The summed E-state index contributed by atoms with van der Waals surface area (Å²) >= 11 is 0. The first-order chi connectivity index (χ1) is 7.12. The van der Waals surface area contributed by atoms with Crippen LogP contribution in [0.5, 0.6) is 0 Å². The molecule has 1 aliphatic heterocycles. The van der Waals surface area contributed by atoms with Crippen molar-refractivity contribution in [2.45, 2.75) is 30.7 Å². The van der Waals surface area contributed by atoms with Crippen LogP contribution in [0, 0.1) is 0 Å². The van der Waals surface area contributed by atoms with Gasteiger partial charge in [-0.25, -0.2) is 8.42 Å². The van der Waals surface area contributed by atoms with Crippen molar-refractivity contribution in [3.05, 3.63) is 30.3 Å². The molecule has 0 aromatic heterocycles. The number of rotatable bonds is 2. The van der Waals surface area contributed by atoms with Crippen molar-refractivity contribution >= 4 is 10.0 Å². The molecule has 0 N–H and O–H groups in total. The van der Waals surface area contributed by atoms with E-state index < -0.39 is 10.0 Å². The molecule has 1 fully saturated rings. The molecule has 0 amide bonds. The molecule has 0 unspecified atom stereocenters. The maximum absolute atomic E-state index is 12.2. The summed E-state index contributed by atoms with van der Waals surface area (Å²) in [6.45, 7) is 2.62. The average Bonchev–Trinajstić information content (AvgIpc) is 2.66. The largest absolute Gasteiger partial charge is 0.243 e. The van der Waals surface area contributed by atoms with E-state index in [1.54, 1.807) is 28.6 Å². The van der Waals surface area contributed by atoms with Gasteiger partial charge in [-0.15, -0.1) is 0 Å². The minimum atomic E-state index is -3.25. The minimum absolute atomic E-state index is 0.134. The molecule has 0 aliphatic carbocycles. The van der Waals surface area contributed by atoms with E-state index in [1.165, 1.54) is 0 Å². The Morgan fingerprint density at radius 1 is 1.27 bits per heavy atom. The van der Waals surface area contributed by atoms with Crippen molar-refractivity contribution in [2.24, 2.45) is 0 Å². The molecule has 2 rings (SSSR count). The molecular formula is C11H15NO2S. The predicted molar refractivity (Wildman–Crippen MR) is 59.0 cm³/mol. The monoisotopic (exact) mass is 225 g/mol. The third-order valence-electron chi connectivity index (χ3n) is 2.84. The second-order valence-electron chi connectivity index (χ2n) is 3.92. The van der Waals surface area contributed by atoms with Crippen LogP contribution < -0.4 is 0 Å². The summed E-state index contributed by atoms with van der Waals surface area (Å²) in [6.07, 6.45) is 1.93. The van der Waals surface area contributed by atoms with E-state index in [0.29, 0.717) is 11.4 Å². The second-order valence-corrected chi connectivity index (χ2v) is 5.81. The van der Waals surface area contributed by atoms with E-state index in [9.17, 15) is 8.42 Å². The maximum atomic E-state index is 12.2. The zero-order valence-electron chi connectivity index (χ0n) is 8.76. The molecule has 1 aromatic rings. The third kappa shape index (κ3) is 1.92. The highest BCUT2D eigenvalue weighted by atomic mass is 32.2. The van der Waals surface area contributed by atoms with E-state index >= 15 is 0 Å². The summed E-state index contributed by atoms with van der Waals surface area (Å²) in [5.74, 6) is 0. The smallest absolute Gasteiger partial charge is 0.207 e. The van der Waals surface area contributed by atoms with Crippen LogP contribution in [-0.4, -0.2) is 25.3 Å². The van der Waals surface area contributed by atoms with E-state index in [0.717, 1.165) is 12.8 Å². The number of hydrogen-bond donors (Lipinski definition) is 0. The predicted octanol–water partition coefficient (Wildman–Crippen LogP) is 1.86. The molecule has 1 aliphatic rings. The van der Waals surface area contributed by atoms with E-state index in [2.05, 4.69) is 0 Å². The molecule has 0 radical (unpaired) electrons. The quantitative estimate of drug-likeness (QED) is 0.770. The van der Waals surface area contributed by atoms with Crippen LogP contribution in [0.3, 0.4) is 0 Å². The summed E-state index contributed by atoms with van der Waals surface area (Å²) in [5.41, 5.74) is 0. The molecule has 1 saturated heterocycles. The maximum Gasteiger partial charge on any atom is 0.243 e. The van der Waals surface area contributed by atoms with Gasteiger partial charge in [-0.3, -0.25) is 0 Å². The van der Waals surface area contributed by atoms with Gasteiger partial charge in [0.2, 0.25) is 10.0 Å². The van der Waals surface area contributed by atoms with Crippen LogP contribution in [0.15, 0.2) is 35.2 Å². The third-order valence-corrected chi connectivity index (χ3v) is 4.87. The lowest BCUT2D eigenvalue weighted by Crippen LogP contribution is -2.33. The lowest BCUT2D eigenvalue weighted by atomic mass is 10.3. The summed E-state index contributed by atoms with van der Waals surface area (Å²) in [4.78, 5) is 0.402. The van der Waals surface area contributed by atoms with E-state index in [-0.39, 0.29) is 6.04 Å². The highest BCUT2D eigenvalue weighted by Crippen LogP contribution is 2.25. The minimum Gasteiger partial charge on any atom is -0.207 e. The van der Waals surface area contributed by atoms with Crippen LogP contribution >= 0.6 is 0 Å². The molecule has 4 heteroatoms. The van der Waals surface area contributed by atoms with Gasteiger partial charge in [0.1, 0.15) is 0 Å². The Kier molecular flexibility index (Phi) is 2.80.